The molecule has 2 aromatic rings. The van der Waals surface area contributed by atoms with Gasteiger partial charge in [-0.15, -0.1) is 0 Å². The Balaban J connectivity index is 0.000000122. The highest BCUT2D eigenvalue weighted by atomic mass is 79.9. The third-order valence-electron chi connectivity index (χ3n) is 6.16. The summed E-state index contributed by atoms with van der Waals surface area (Å²) in [5, 5.41) is 11.8. The average molecular weight is 618 g/mol. The monoisotopic (exact) mass is 616 g/mol. The number of hydrogen-bond donors (Lipinski definition) is 1. The maximum atomic E-state index is 5.89. The van der Waals surface area contributed by atoms with E-state index in [-0.39, 0.29) is 5.79 Å². The van der Waals surface area contributed by atoms with Crippen LogP contribution in [0.3, 0.4) is 0 Å². The van der Waals surface area contributed by atoms with Gasteiger partial charge in [0.25, 0.3) is 0 Å². The summed E-state index contributed by atoms with van der Waals surface area (Å²) in [6.45, 7) is 15.6. The molecular weight excluding hydrogens is 580 g/mol. The zero-order valence-electron chi connectivity index (χ0n) is 20.8. The first-order valence-electron chi connectivity index (χ1n) is 12.4. The zero-order valence-corrected chi connectivity index (χ0v) is 25.0. The third kappa shape index (κ3) is 7.24. The molecule has 1 N–H and O–H groups in total. The van der Waals surface area contributed by atoms with Crippen molar-refractivity contribution in [2.45, 2.75) is 90.3 Å². The van der Waals surface area contributed by atoms with E-state index in [0.717, 1.165) is 67.2 Å². The van der Waals surface area contributed by atoms with E-state index in [4.69, 9.17) is 9.16 Å². The lowest BCUT2D eigenvalue weighted by Crippen LogP contribution is -2.35. The van der Waals surface area contributed by atoms with Crippen molar-refractivity contribution in [1.29, 1.82) is 0 Å². The number of rotatable bonds is 5. The van der Waals surface area contributed by atoms with E-state index in [1.165, 1.54) is 30.8 Å². The summed E-state index contributed by atoms with van der Waals surface area (Å²) < 4.78 is 17.8. The van der Waals surface area contributed by atoms with Crippen LogP contribution in [0.25, 0.3) is 0 Å². The molecule has 2 saturated carbocycles. The normalized spacial score (nSPS) is 20.9. The Labute approximate surface area is 221 Å². The number of aromatic nitrogens is 4. The molecule has 190 valence electrons. The highest BCUT2D eigenvalue weighted by molar-refractivity contribution is 9.10. The number of hydrogen-bond acceptors (Lipinski definition) is 6. The summed E-state index contributed by atoms with van der Waals surface area (Å²) in [4.78, 5) is 2.57. The Morgan fingerprint density at radius 2 is 1.68 bits per heavy atom. The molecule has 2 aliphatic heterocycles. The lowest BCUT2D eigenvalue weighted by molar-refractivity contribution is -0.106. The van der Waals surface area contributed by atoms with Gasteiger partial charge in [-0.2, -0.15) is 10.2 Å². The van der Waals surface area contributed by atoms with Crippen molar-refractivity contribution in [2.24, 2.45) is 0 Å². The van der Waals surface area contributed by atoms with Gasteiger partial charge in [-0.1, -0.05) is 0 Å². The van der Waals surface area contributed by atoms with E-state index < -0.39 is 8.32 Å². The minimum atomic E-state index is -1.39. The van der Waals surface area contributed by atoms with Gasteiger partial charge < -0.3 is 14.5 Å². The van der Waals surface area contributed by atoms with Gasteiger partial charge in [0.05, 0.1) is 45.8 Å². The predicted molar refractivity (Wildman–Crippen MR) is 143 cm³/mol. The second kappa shape index (κ2) is 11.2. The van der Waals surface area contributed by atoms with E-state index in [0.29, 0.717) is 0 Å². The molecule has 0 bridgehead atoms. The van der Waals surface area contributed by atoms with E-state index in [1.54, 1.807) is 0 Å². The quantitative estimate of drug-likeness (QED) is 0.386. The SMILES string of the molecule is Brc1cnn2c1CN(C1CC1)CC2.Brc1cnn2c1CNCC2.CCOC1(O[Si](C)(C)C)CC1. The van der Waals surface area contributed by atoms with E-state index in [2.05, 4.69) is 76.6 Å². The highest BCUT2D eigenvalue weighted by Gasteiger charge is 2.47. The van der Waals surface area contributed by atoms with Gasteiger partial charge in [-0.05, 0) is 71.3 Å². The molecule has 0 saturated heterocycles. The van der Waals surface area contributed by atoms with Gasteiger partial charge >= 0.3 is 0 Å². The fraction of sp³-hybridized carbons (Fsp3) is 0.739. The van der Waals surface area contributed by atoms with Crippen LogP contribution in [0.2, 0.25) is 19.6 Å². The van der Waals surface area contributed by atoms with E-state index in [9.17, 15) is 0 Å². The number of nitrogens with zero attached hydrogens (tertiary/aromatic N) is 5. The van der Waals surface area contributed by atoms with Crippen molar-refractivity contribution >= 4 is 40.2 Å². The second-order valence-corrected chi connectivity index (χ2v) is 16.4. The standard InChI is InChI=1S/C9H12BrN3.C8H18O2Si.C6H8BrN3/c10-8-5-11-13-4-3-12(6-9(8)13)7-1-2-7;1-5-9-8(6-7-8)10-11(2,3)4;7-5-3-9-10-2-1-8-4-6(5)10/h5,7H,1-4,6H2;5-7H2,1-4H3;3,8H,1-2,4H2. The Kier molecular flexibility index (Phi) is 8.75. The van der Waals surface area contributed by atoms with E-state index >= 15 is 0 Å². The van der Waals surface area contributed by atoms with Crippen LogP contribution < -0.4 is 5.32 Å². The van der Waals surface area contributed by atoms with Crippen LogP contribution in [0.1, 0.15) is 44.0 Å². The lowest BCUT2D eigenvalue weighted by Gasteiger charge is -2.27. The largest absolute Gasteiger partial charge is 0.391 e. The Morgan fingerprint density at radius 1 is 1.03 bits per heavy atom. The molecule has 4 heterocycles. The topological polar surface area (TPSA) is 69.4 Å². The molecule has 0 amide bonds. The minimum absolute atomic E-state index is 0.154. The molecule has 0 aromatic carbocycles. The van der Waals surface area contributed by atoms with Crippen molar-refractivity contribution < 1.29 is 9.16 Å². The first kappa shape index (κ1) is 26.5. The van der Waals surface area contributed by atoms with Crippen LogP contribution in [0.4, 0.5) is 0 Å². The van der Waals surface area contributed by atoms with Crippen LogP contribution in [0.15, 0.2) is 21.3 Å². The van der Waals surface area contributed by atoms with Crippen molar-refractivity contribution in [2.75, 3.05) is 19.7 Å². The van der Waals surface area contributed by atoms with E-state index in [1.807, 2.05) is 24.0 Å². The van der Waals surface area contributed by atoms with Crippen LogP contribution >= 0.6 is 31.9 Å². The molecule has 34 heavy (non-hydrogen) atoms. The van der Waals surface area contributed by atoms with Crippen molar-refractivity contribution in [1.82, 2.24) is 29.8 Å². The summed E-state index contributed by atoms with van der Waals surface area (Å²) in [5.74, 6) is -0.154. The average Bonchev–Trinajstić information content (AvgIpc) is 3.71. The first-order chi connectivity index (χ1) is 16.2. The summed E-state index contributed by atoms with van der Waals surface area (Å²) in [5.41, 5.74) is 2.60. The summed E-state index contributed by atoms with van der Waals surface area (Å²) in [6.07, 6.45) is 8.72. The third-order valence-corrected chi connectivity index (χ3v) is 8.47. The molecule has 0 radical (unpaired) electrons. The fourth-order valence-corrected chi connectivity index (χ4v) is 6.57. The minimum Gasteiger partial charge on any atom is -0.391 e. The van der Waals surface area contributed by atoms with Crippen LogP contribution in [-0.4, -0.2) is 64.3 Å². The smallest absolute Gasteiger partial charge is 0.187 e. The van der Waals surface area contributed by atoms with Gasteiger partial charge in [0.15, 0.2) is 14.1 Å². The van der Waals surface area contributed by atoms with Gasteiger partial charge in [-0.3, -0.25) is 14.3 Å². The number of halogens is 2. The van der Waals surface area contributed by atoms with Gasteiger partial charge in [0, 0.05) is 51.7 Å². The zero-order chi connectivity index (χ0) is 24.3. The lowest BCUT2D eigenvalue weighted by atomic mass is 10.3. The number of nitrogens with one attached hydrogen (secondary N) is 1. The molecule has 4 aliphatic rings. The van der Waals surface area contributed by atoms with Crippen molar-refractivity contribution in [3.63, 3.8) is 0 Å². The van der Waals surface area contributed by atoms with Crippen molar-refractivity contribution in [3.8, 4) is 0 Å². The molecule has 8 nitrogen and oxygen atoms in total. The molecule has 0 atom stereocenters. The molecule has 6 rings (SSSR count). The molecule has 2 fully saturated rings. The van der Waals surface area contributed by atoms with Crippen molar-refractivity contribution in [3.05, 3.63) is 32.7 Å². The maximum absolute atomic E-state index is 5.89. The first-order valence-corrected chi connectivity index (χ1v) is 17.4. The molecular formula is C23H38Br2N6O2Si. The number of ether oxygens (including phenoxy) is 1. The van der Waals surface area contributed by atoms with Gasteiger partial charge in [0.1, 0.15) is 0 Å². The second-order valence-electron chi connectivity index (χ2n) is 10.3. The molecule has 2 aromatic heterocycles. The fourth-order valence-electron chi connectivity index (χ4n) is 4.33. The Morgan fingerprint density at radius 3 is 2.24 bits per heavy atom. The molecule has 0 spiro atoms. The summed E-state index contributed by atoms with van der Waals surface area (Å²) >= 11 is 6.97. The maximum Gasteiger partial charge on any atom is 0.187 e. The summed E-state index contributed by atoms with van der Waals surface area (Å²) in [7, 11) is -1.39. The molecule has 2 aliphatic carbocycles. The van der Waals surface area contributed by atoms with Gasteiger partial charge in [0.2, 0.25) is 0 Å². The molecule has 11 heteroatoms. The van der Waals surface area contributed by atoms with Gasteiger partial charge in [-0.25, -0.2) is 0 Å². The van der Waals surface area contributed by atoms with Crippen LogP contribution in [-0.2, 0) is 35.3 Å². The van der Waals surface area contributed by atoms with Crippen LogP contribution in [0, 0.1) is 0 Å². The highest BCUT2D eigenvalue weighted by Crippen LogP contribution is 2.42. The molecule has 0 unspecified atom stereocenters. The summed E-state index contributed by atoms with van der Waals surface area (Å²) in [6, 6.07) is 0.871. The predicted octanol–water partition coefficient (Wildman–Crippen LogP) is 4.74. The Hall–Kier alpha value is -0.563. The Bertz CT molecular complexity index is 952. The van der Waals surface area contributed by atoms with Crippen LogP contribution in [0.5, 0.6) is 0 Å². The number of fused-ring (bicyclic) bond motifs is 2.